The molecule has 3 N–H and O–H groups in total. The van der Waals surface area contributed by atoms with Crippen molar-refractivity contribution in [2.24, 2.45) is 5.73 Å². The number of halogens is 2. The van der Waals surface area contributed by atoms with Gasteiger partial charge in [-0.2, -0.15) is 0 Å². The van der Waals surface area contributed by atoms with E-state index in [0.29, 0.717) is 10.7 Å². The van der Waals surface area contributed by atoms with E-state index in [0.717, 1.165) is 0 Å². The molecule has 0 fully saturated rings. The van der Waals surface area contributed by atoms with Crippen LogP contribution in [0.4, 0.5) is 0 Å². The van der Waals surface area contributed by atoms with Gasteiger partial charge in [-0.05, 0) is 39.3 Å². The molecule has 128 valence electrons. The predicted octanol–water partition coefficient (Wildman–Crippen LogP) is 2.45. The minimum absolute atomic E-state index is 0.0802. The van der Waals surface area contributed by atoms with Crippen LogP contribution in [0.2, 0.25) is 10.2 Å². The number of carbonyl (C=O) groups is 2. The number of esters is 1. The largest absolute Gasteiger partial charge is 0.460 e. The Labute approximate surface area is 145 Å². The van der Waals surface area contributed by atoms with Crippen molar-refractivity contribution in [2.45, 2.75) is 51.8 Å². The van der Waals surface area contributed by atoms with E-state index in [-0.39, 0.29) is 36.4 Å². The zero-order chi connectivity index (χ0) is 17.6. The topological polar surface area (TPSA) is 94.3 Å². The highest BCUT2D eigenvalue weighted by Crippen LogP contribution is 2.18. The summed E-state index contributed by atoms with van der Waals surface area (Å²) in [6, 6.07) is 2.45. The lowest BCUT2D eigenvalue weighted by Gasteiger charge is -2.20. The van der Waals surface area contributed by atoms with Crippen molar-refractivity contribution < 1.29 is 14.3 Å². The first-order valence-electron chi connectivity index (χ1n) is 7.14. The molecule has 0 spiro atoms. The van der Waals surface area contributed by atoms with Crippen LogP contribution in [-0.4, -0.2) is 28.5 Å². The highest BCUT2D eigenvalue weighted by Gasteiger charge is 2.19. The summed E-state index contributed by atoms with van der Waals surface area (Å²) in [4.78, 5) is 27.5. The molecule has 8 heteroatoms. The lowest BCUT2D eigenvalue weighted by Crippen LogP contribution is -2.40. The van der Waals surface area contributed by atoms with Crippen molar-refractivity contribution in [3.8, 4) is 0 Å². The van der Waals surface area contributed by atoms with Gasteiger partial charge in [-0.25, -0.2) is 4.98 Å². The summed E-state index contributed by atoms with van der Waals surface area (Å²) in [5.41, 5.74) is 5.77. The number of rotatable bonds is 6. The molecule has 0 bridgehead atoms. The lowest BCUT2D eigenvalue weighted by molar-refractivity contribution is -0.155. The van der Waals surface area contributed by atoms with E-state index in [1.54, 1.807) is 32.9 Å². The zero-order valence-electron chi connectivity index (χ0n) is 13.4. The van der Waals surface area contributed by atoms with Gasteiger partial charge in [-0.1, -0.05) is 23.2 Å². The van der Waals surface area contributed by atoms with Crippen molar-refractivity contribution in [2.75, 3.05) is 0 Å². The average molecular weight is 362 g/mol. The first kappa shape index (κ1) is 19.7. The van der Waals surface area contributed by atoms with Crippen molar-refractivity contribution >= 4 is 35.1 Å². The van der Waals surface area contributed by atoms with Crippen LogP contribution in [-0.2, 0) is 20.9 Å². The Balaban J connectivity index is 2.39. The van der Waals surface area contributed by atoms with Gasteiger partial charge in [-0.3, -0.25) is 9.59 Å². The molecule has 1 aromatic rings. The molecule has 1 amide bonds. The summed E-state index contributed by atoms with van der Waals surface area (Å²) in [6.07, 6.45) is 0.284. The lowest BCUT2D eigenvalue weighted by atomic mass is 10.1. The third kappa shape index (κ3) is 7.63. The van der Waals surface area contributed by atoms with E-state index in [4.69, 9.17) is 33.7 Å². The van der Waals surface area contributed by atoms with E-state index in [9.17, 15) is 9.59 Å². The van der Waals surface area contributed by atoms with E-state index < -0.39 is 11.6 Å². The van der Waals surface area contributed by atoms with Crippen molar-refractivity contribution in [1.82, 2.24) is 10.3 Å². The molecule has 0 aromatic carbocycles. The van der Waals surface area contributed by atoms with Crippen molar-refractivity contribution in [3.05, 3.63) is 28.0 Å². The number of hydrogen-bond acceptors (Lipinski definition) is 5. The third-order valence-corrected chi connectivity index (χ3v) is 3.41. The van der Waals surface area contributed by atoms with Gasteiger partial charge in [0.05, 0.1) is 23.3 Å². The fraction of sp³-hybridized carbons (Fsp3) is 0.533. The Bertz CT molecular complexity index is 574. The van der Waals surface area contributed by atoms with Crippen molar-refractivity contribution in [1.29, 1.82) is 0 Å². The molecule has 6 nitrogen and oxygen atoms in total. The fourth-order valence-electron chi connectivity index (χ4n) is 1.66. The molecule has 1 rings (SSSR count). The van der Waals surface area contributed by atoms with Gasteiger partial charge in [0.25, 0.3) is 0 Å². The third-order valence-electron chi connectivity index (χ3n) is 2.72. The maximum absolute atomic E-state index is 11.9. The van der Waals surface area contributed by atoms with Gasteiger partial charge in [0, 0.05) is 6.42 Å². The average Bonchev–Trinajstić information content (AvgIpc) is 2.43. The standard InChI is InChI=1S/C15H21Cl2N3O3/c1-15(2,3)23-12(21)7-6-11(18)14(22)19-8-9-4-5-10(16)13(17)20-9/h4-5,11H,6-8,18H2,1-3H3,(H,19,22)/t11-/m1/s1. The van der Waals surface area contributed by atoms with E-state index in [1.807, 2.05) is 0 Å². The van der Waals surface area contributed by atoms with Crippen LogP contribution in [0.15, 0.2) is 12.1 Å². The fourth-order valence-corrected chi connectivity index (χ4v) is 1.94. The Hall–Kier alpha value is -1.37. The molecule has 1 atom stereocenters. The van der Waals surface area contributed by atoms with Gasteiger partial charge in [0.15, 0.2) is 0 Å². The van der Waals surface area contributed by atoms with Crippen molar-refractivity contribution in [3.63, 3.8) is 0 Å². The number of amides is 1. The molecule has 0 saturated carbocycles. The Morgan fingerprint density at radius 3 is 2.57 bits per heavy atom. The monoisotopic (exact) mass is 361 g/mol. The zero-order valence-corrected chi connectivity index (χ0v) is 14.9. The maximum atomic E-state index is 11.9. The summed E-state index contributed by atoms with van der Waals surface area (Å²) in [5, 5.41) is 3.15. The van der Waals surface area contributed by atoms with E-state index in [1.165, 1.54) is 0 Å². The molecule has 23 heavy (non-hydrogen) atoms. The molecular weight excluding hydrogens is 341 g/mol. The number of pyridine rings is 1. The predicted molar refractivity (Wildman–Crippen MR) is 89.2 cm³/mol. The maximum Gasteiger partial charge on any atom is 0.306 e. The van der Waals surface area contributed by atoms with Crippen LogP contribution in [0.5, 0.6) is 0 Å². The molecule has 1 aromatic heterocycles. The highest BCUT2D eigenvalue weighted by atomic mass is 35.5. The molecule has 1 heterocycles. The smallest absolute Gasteiger partial charge is 0.306 e. The number of nitrogens with two attached hydrogens (primary N) is 1. The first-order valence-corrected chi connectivity index (χ1v) is 7.90. The number of aromatic nitrogens is 1. The minimum Gasteiger partial charge on any atom is -0.460 e. The SMILES string of the molecule is CC(C)(C)OC(=O)CC[C@@H](N)C(=O)NCc1ccc(Cl)c(Cl)n1. The normalized spacial score (nSPS) is 12.6. The van der Waals surface area contributed by atoms with Gasteiger partial charge in [-0.15, -0.1) is 0 Å². The summed E-state index contributed by atoms with van der Waals surface area (Å²) in [5.74, 6) is -0.756. The van der Waals surface area contributed by atoms with Crippen LogP contribution in [0.3, 0.4) is 0 Å². The van der Waals surface area contributed by atoms with E-state index >= 15 is 0 Å². The number of carbonyl (C=O) groups excluding carboxylic acids is 2. The number of ether oxygens (including phenoxy) is 1. The van der Waals surface area contributed by atoms with Gasteiger partial charge in [0.1, 0.15) is 10.8 Å². The summed E-state index contributed by atoms with van der Waals surface area (Å²) < 4.78 is 5.16. The Morgan fingerprint density at radius 1 is 1.35 bits per heavy atom. The number of nitrogens with one attached hydrogen (secondary N) is 1. The van der Waals surface area contributed by atoms with Crippen LogP contribution < -0.4 is 11.1 Å². The van der Waals surface area contributed by atoms with Gasteiger partial charge < -0.3 is 15.8 Å². The molecular formula is C15H21Cl2N3O3. The number of nitrogens with zero attached hydrogens (tertiary/aromatic N) is 1. The molecule has 0 saturated heterocycles. The second-order valence-electron chi connectivity index (χ2n) is 6.02. The Kier molecular flexibility index (Phi) is 7.25. The molecule has 0 aliphatic carbocycles. The number of hydrogen-bond donors (Lipinski definition) is 2. The molecule has 0 unspecified atom stereocenters. The van der Waals surface area contributed by atoms with Gasteiger partial charge >= 0.3 is 5.97 Å². The minimum atomic E-state index is -0.801. The molecule has 0 aliphatic heterocycles. The van der Waals surface area contributed by atoms with Crippen LogP contribution >= 0.6 is 23.2 Å². The van der Waals surface area contributed by atoms with Crippen LogP contribution in [0, 0.1) is 0 Å². The molecule has 0 radical (unpaired) electrons. The summed E-state index contributed by atoms with van der Waals surface area (Å²) in [6.45, 7) is 5.52. The van der Waals surface area contributed by atoms with E-state index in [2.05, 4.69) is 10.3 Å². The van der Waals surface area contributed by atoms with Gasteiger partial charge in [0.2, 0.25) is 5.91 Å². The highest BCUT2D eigenvalue weighted by molar-refractivity contribution is 6.41. The first-order chi connectivity index (χ1) is 10.6. The quantitative estimate of drug-likeness (QED) is 0.599. The Morgan fingerprint density at radius 2 is 2.00 bits per heavy atom. The second-order valence-corrected chi connectivity index (χ2v) is 6.79. The van der Waals surface area contributed by atoms with Crippen LogP contribution in [0.25, 0.3) is 0 Å². The van der Waals surface area contributed by atoms with Crippen LogP contribution in [0.1, 0.15) is 39.3 Å². The molecule has 0 aliphatic rings. The summed E-state index contributed by atoms with van der Waals surface area (Å²) in [7, 11) is 0. The second kappa shape index (κ2) is 8.47. The summed E-state index contributed by atoms with van der Waals surface area (Å²) >= 11 is 11.6.